The molecule has 46 heavy (non-hydrogen) atoms. The summed E-state index contributed by atoms with van der Waals surface area (Å²) >= 11 is 0. The van der Waals surface area contributed by atoms with Crippen molar-refractivity contribution in [3.63, 3.8) is 0 Å². The van der Waals surface area contributed by atoms with Crippen LogP contribution in [0.2, 0.25) is 0 Å². The number of hydrogen-bond acceptors (Lipinski definition) is 11. The number of ether oxygens (including phenoxy) is 2. The van der Waals surface area contributed by atoms with E-state index in [0.717, 1.165) is 67.1 Å². The van der Waals surface area contributed by atoms with Crippen molar-refractivity contribution < 1.29 is 38.3 Å². The zero-order chi connectivity index (χ0) is 32.8. The Bertz CT molecular complexity index is 1680. The number of allylic oxidation sites excluding steroid dienone is 1. The molecule has 3 aromatic rings. The number of sulfonamides is 1. The molecular weight excluding hydrogens is 614 g/mol. The monoisotopic (exact) mass is 655 g/mol. The van der Waals surface area contributed by atoms with Crippen LogP contribution in [0.4, 0.5) is 5.69 Å². The number of nitrogens with zero attached hydrogens (tertiary/aromatic N) is 3. The van der Waals surface area contributed by atoms with Crippen molar-refractivity contribution in [3.8, 4) is 17.3 Å². The predicted octanol–water partition coefficient (Wildman–Crippen LogP) is 0.606. The standard InChI is InChI=1S/C32H41N5O8S/c1-36-25(18-26(19-33)46(42,43)35-30-28(8-13-38)45-29(20-39)31(40)32(30)41)6-7-27(36)23-3-2-22-17-24(5-4-21(22)16-23)34-9-10-37-11-14-44-15-12-37/h2-7,16-18,28-32,34-35,38-41H,8-15,20H2,1H3/b26-18+/t28?,29-,30+,31-,32-/m1/s1. The normalized spacial score (nSPS) is 24.6. The molecule has 1 unspecified atom stereocenters. The molecule has 0 amide bonds. The van der Waals surface area contributed by atoms with Crippen molar-refractivity contribution in [1.29, 1.82) is 5.26 Å². The van der Waals surface area contributed by atoms with E-state index in [1.54, 1.807) is 23.8 Å². The summed E-state index contributed by atoms with van der Waals surface area (Å²) in [4.78, 5) is 1.77. The summed E-state index contributed by atoms with van der Waals surface area (Å²) in [5.74, 6) is 0. The topological polar surface area (TPSA) is 190 Å². The number of nitriles is 1. The maximum absolute atomic E-state index is 13.3. The fourth-order valence-electron chi connectivity index (χ4n) is 5.92. The molecule has 2 saturated heterocycles. The zero-order valence-corrected chi connectivity index (χ0v) is 26.4. The summed E-state index contributed by atoms with van der Waals surface area (Å²) in [6, 6.07) is 16.2. The van der Waals surface area contributed by atoms with E-state index >= 15 is 0 Å². The molecular formula is C32H41N5O8S. The average molecular weight is 656 g/mol. The van der Waals surface area contributed by atoms with E-state index in [1.807, 2.05) is 24.3 Å². The zero-order valence-electron chi connectivity index (χ0n) is 25.6. The molecule has 0 spiro atoms. The molecule has 2 aliphatic heterocycles. The number of anilines is 1. The van der Waals surface area contributed by atoms with Crippen molar-refractivity contribution in [2.45, 2.75) is 36.9 Å². The second kappa shape index (κ2) is 15.0. The molecule has 2 aromatic carbocycles. The SMILES string of the molecule is Cn1c(/C=C(\C#N)S(=O)(=O)N[C@H]2C(CCO)O[C@H](CO)[C@@H](O)[C@@H]2O)ccc1-c1ccc2cc(NCCN3CCOCC3)ccc2c1. The van der Waals surface area contributed by atoms with E-state index in [4.69, 9.17) is 9.47 Å². The maximum atomic E-state index is 13.3. The lowest BCUT2D eigenvalue weighted by Crippen LogP contribution is -2.64. The Morgan fingerprint density at radius 3 is 2.50 bits per heavy atom. The van der Waals surface area contributed by atoms with Crippen LogP contribution >= 0.6 is 0 Å². The van der Waals surface area contributed by atoms with E-state index < -0.39 is 52.0 Å². The number of nitrogens with one attached hydrogen (secondary N) is 2. The van der Waals surface area contributed by atoms with Crippen LogP contribution in [0.1, 0.15) is 12.1 Å². The molecule has 3 heterocycles. The van der Waals surface area contributed by atoms with Gasteiger partial charge in [-0.2, -0.15) is 5.26 Å². The average Bonchev–Trinajstić information content (AvgIpc) is 3.42. The largest absolute Gasteiger partial charge is 0.396 e. The second-order valence-corrected chi connectivity index (χ2v) is 13.2. The molecule has 1 aromatic heterocycles. The van der Waals surface area contributed by atoms with Crippen LogP contribution in [0.5, 0.6) is 0 Å². The first-order valence-corrected chi connectivity index (χ1v) is 16.7. The predicted molar refractivity (Wildman–Crippen MR) is 173 cm³/mol. The number of fused-ring (bicyclic) bond motifs is 1. The van der Waals surface area contributed by atoms with Gasteiger partial charge in [-0.05, 0) is 59.2 Å². The van der Waals surface area contributed by atoms with Crippen molar-refractivity contribution in [2.24, 2.45) is 7.05 Å². The van der Waals surface area contributed by atoms with Crippen LogP contribution in [-0.4, -0.2) is 121 Å². The number of aliphatic hydroxyl groups excluding tert-OH is 4. The van der Waals surface area contributed by atoms with E-state index in [0.29, 0.717) is 5.69 Å². The van der Waals surface area contributed by atoms with Crippen LogP contribution < -0.4 is 10.0 Å². The Labute approximate surface area is 268 Å². The first-order valence-electron chi connectivity index (χ1n) is 15.3. The summed E-state index contributed by atoms with van der Waals surface area (Å²) in [7, 11) is -2.73. The van der Waals surface area contributed by atoms with Gasteiger partial charge in [0.1, 0.15) is 24.4 Å². The van der Waals surface area contributed by atoms with Crippen LogP contribution in [-0.2, 0) is 26.5 Å². The fourth-order valence-corrected chi connectivity index (χ4v) is 7.09. The maximum Gasteiger partial charge on any atom is 0.251 e. The Morgan fingerprint density at radius 1 is 1.04 bits per heavy atom. The van der Waals surface area contributed by atoms with Gasteiger partial charge in [-0.15, -0.1) is 0 Å². The van der Waals surface area contributed by atoms with Gasteiger partial charge < -0.3 is 39.8 Å². The number of morpholine rings is 1. The summed E-state index contributed by atoms with van der Waals surface area (Å²) in [5.41, 5.74) is 3.20. The number of hydrogen-bond donors (Lipinski definition) is 6. The van der Waals surface area contributed by atoms with Gasteiger partial charge in [0.15, 0.2) is 4.91 Å². The Kier molecular flexibility index (Phi) is 11.1. The van der Waals surface area contributed by atoms with E-state index in [1.165, 1.54) is 6.08 Å². The molecule has 14 heteroatoms. The minimum absolute atomic E-state index is 0.0707. The van der Waals surface area contributed by atoms with Crippen molar-refractivity contribution in [3.05, 3.63) is 59.1 Å². The van der Waals surface area contributed by atoms with Gasteiger partial charge in [0.05, 0.1) is 32.0 Å². The molecule has 248 valence electrons. The molecule has 5 rings (SSSR count). The number of benzene rings is 2. The Balaban J connectivity index is 1.31. The van der Waals surface area contributed by atoms with E-state index in [-0.39, 0.29) is 13.0 Å². The third kappa shape index (κ3) is 7.60. The lowest BCUT2D eigenvalue weighted by Gasteiger charge is -2.42. The van der Waals surface area contributed by atoms with E-state index in [9.17, 15) is 34.1 Å². The van der Waals surface area contributed by atoms with Gasteiger partial charge >= 0.3 is 0 Å². The van der Waals surface area contributed by atoms with Gasteiger partial charge in [-0.1, -0.05) is 18.2 Å². The smallest absolute Gasteiger partial charge is 0.251 e. The first kappa shape index (κ1) is 34.0. The number of rotatable bonds is 12. The van der Waals surface area contributed by atoms with Crippen molar-refractivity contribution >= 4 is 32.6 Å². The summed E-state index contributed by atoms with van der Waals surface area (Å²) in [6.45, 7) is 4.25. The van der Waals surface area contributed by atoms with Gasteiger partial charge in [-0.3, -0.25) is 4.90 Å². The molecule has 0 bridgehead atoms. The lowest BCUT2D eigenvalue weighted by atomic mass is 9.92. The molecule has 2 fully saturated rings. The molecule has 6 N–H and O–H groups in total. The summed E-state index contributed by atoms with van der Waals surface area (Å²) < 4.78 is 41.6. The quantitative estimate of drug-likeness (QED) is 0.150. The van der Waals surface area contributed by atoms with Crippen LogP contribution in [0.25, 0.3) is 28.1 Å². The van der Waals surface area contributed by atoms with Crippen molar-refractivity contribution in [1.82, 2.24) is 14.2 Å². The summed E-state index contributed by atoms with van der Waals surface area (Å²) in [5, 5.41) is 55.2. The van der Waals surface area contributed by atoms with Crippen LogP contribution in [0, 0.1) is 11.3 Å². The van der Waals surface area contributed by atoms with Gasteiger partial charge in [0, 0.05) is 56.9 Å². The lowest BCUT2D eigenvalue weighted by molar-refractivity contribution is -0.194. The Morgan fingerprint density at radius 2 is 1.78 bits per heavy atom. The van der Waals surface area contributed by atoms with Gasteiger partial charge in [0.2, 0.25) is 0 Å². The fraction of sp³-hybridized carbons (Fsp3) is 0.469. The third-order valence-electron chi connectivity index (χ3n) is 8.57. The number of aliphatic hydroxyl groups is 4. The Hall–Kier alpha value is -3.36. The highest BCUT2D eigenvalue weighted by atomic mass is 32.2. The van der Waals surface area contributed by atoms with Gasteiger partial charge in [-0.25, -0.2) is 13.1 Å². The molecule has 2 aliphatic rings. The molecule has 13 nitrogen and oxygen atoms in total. The minimum atomic E-state index is -4.49. The minimum Gasteiger partial charge on any atom is -0.396 e. The first-order chi connectivity index (χ1) is 22.1. The highest BCUT2D eigenvalue weighted by Gasteiger charge is 2.45. The second-order valence-electron chi connectivity index (χ2n) is 11.5. The number of aromatic nitrogens is 1. The van der Waals surface area contributed by atoms with E-state index in [2.05, 4.69) is 33.1 Å². The molecule has 0 radical (unpaired) electrons. The molecule has 5 atom stereocenters. The molecule has 0 saturated carbocycles. The van der Waals surface area contributed by atoms with Crippen LogP contribution in [0.15, 0.2) is 53.4 Å². The van der Waals surface area contributed by atoms with Crippen molar-refractivity contribution in [2.75, 3.05) is 57.9 Å². The highest BCUT2D eigenvalue weighted by molar-refractivity contribution is 7.93. The molecule has 0 aliphatic carbocycles. The third-order valence-corrected chi connectivity index (χ3v) is 9.94. The summed E-state index contributed by atoms with van der Waals surface area (Å²) in [6.07, 6.45) is -4.27. The van der Waals surface area contributed by atoms with Gasteiger partial charge in [0.25, 0.3) is 10.0 Å². The van der Waals surface area contributed by atoms with Crippen LogP contribution in [0.3, 0.4) is 0 Å². The highest BCUT2D eigenvalue weighted by Crippen LogP contribution is 2.29.